The van der Waals surface area contributed by atoms with Gasteiger partial charge in [-0.2, -0.15) is 24.9 Å². The van der Waals surface area contributed by atoms with Gasteiger partial charge in [-0.05, 0) is 72.5 Å². The molecule has 0 aliphatic carbocycles. The molecule has 0 N–H and O–H groups in total. The summed E-state index contributed by atoms with van der Waals surface area (Å²) in [6.07, 6.45) is -0.368. The summed E-state index contributed by atoms with van der Waals surface area (Å²) in [6, 6.07) is 10.1. The summed E-state index contributed by atoms with van der Waals surface area (Å²) in [7, 11) is 1.57. The molecule has 1 saturated heterocycles. The Bertz CT molecular complexity index is 1030. The Morgan fingerprint density at radius 1 is 1.21 bits per heavy atom. The van der Waals surface area contributed by atoms with Gasteiger partial charge in [0.25, 0.3) is 5.91 Å². The Kier molecular flexibility index (Phi) is 7.48. The van der Waals surface area contributed by atoms with E-state index in [1.165, 1.54) is 11.0 Å². The van der Waals surface area contributed by atoms with E-state index in [2.05, 4.69) is 11.8 Å². The number of carbonyl (C=O) groups excluding carboxylic acids is 1. The molecule has 0 bridgehead atoms. The summed E-state index contributed by atoms with van der Waals surface area (Å²) in [4.78, 5) is 17.1. The van der Waals surface area contributed by atoms with Crippen LogP contribution in [0.2, 0.25) is 0 Å². The zero-order valence-corrected chi connectivity index (χ0v) is 20.6. The fourth-order valence-electron chi connectivity index (χ4n) is 5.09. The van der Waals surface area contributed by atoms with Crippen molar-refractivity contribution in [2.75, 3.05) is 32.2 Å². The minimum Gasteiger partial charge on any atom is -0.497 e. The molecule has 184 valence electrons. The van der Waals surface area contributed by atoms with Crippen LogP contribution in [-0.4, -0.2) is 47.9 Å². The molecule has 0 radical (unpaired) electrons. The maximum atomic E-state index is 14.2. The van der Waals surface area contributed by atoms with E-state index in [9.17, 15) is 18.0 Å². The fourth-order valence-corrected chi connectivity index (χ4v) is 5.81. The maximum Gasteiger partial charge on any atom is 0.416 e. The molecule has 0 saturated carbocycles. The average molecular weight is 493 g/mol. The topological polar surface area (TPSA) is 32.8 Å². The predicted octanol–water partition coefficient (Wildman–Crippen LogP) is 6.01. The first-order chi connectivity index (χ1) is 16.2. The number of hydrogen-bond acceptors (Lipinski definition) is 4. The van der Waals surface area contributed by atoms with Gasteiger partial charge in [-0.1, -0.05) is 19.1 Å². The molecule has 2 aliphatic rings. The van der Waals surface area contributed by atoms with Crippen LogP contribution in [0.3, 0.4) is 0 Å². The van der Waals surface area contributed by atoms with Crippen molar-refractivity contribution in [3.63, 3.8) is 0 Å². The highest BCUT2D eigenvalue weighted by molar-refractivity contribution is 7.98. The molecule has 2 aromatic carbocycles. The van der Waals surface area contributed by atoms with Crippen LogP contribution in [0.4, 0.5) is 13.2 Å². The van der Waals surface area contributed by atoms with Crippen LogP contribution < -0.4 is 4.74 Å². The molecule has 0 aromatic heterocycles. The van der Waals surface area contributed by atoms with Gasteiger partial charge in [0, 0.05) is 37.0 Å². The van der Waals surface area contributed by atoms with Gasteiger partial charge >= 0.3 is 6.18 Å². The van der Waals surface area contributed by atoms with E-state index in [1.54, 1.807) is 37.1 Å². The predicted molar refractivity (Wildman–Crippen MR) is 129 cm³/mol. The minimum atomic E-state index is -4.52. The van der Waals surface area contributed by atoms with E-state index in [4.69, 9.17) is 4.74 Å². The summed E-state index contributed by atoms with van der Waals surface area (Å²) < 4.78 is 47.7. The van der Waals surface area contributed by atoms with Crippen molar-refractivity contribution in [2.24, 2.45) is 5.92 Å². The van der Waals surface area contributed by atoms with Crippen LogP contribution >= 0.6 is 11.8 Å². The summed E-state index contributed by atoms with van der Waals surface area (Å²) in [6.45, 7) is 4.13. The number of nitrogens with zero attached hydrogens (tertiary/aromatic N) is 2. The molecule has 34 heavy (non-hydrogen) atoms. The van der Waals surface area contributed by atoms with Crippen LogP contribution in [0.25, 0.3) is 0 Å². The number of alkyl halides is 3. The molecule has 1 amide bonds. The molecule has 4 rings (SSSR count). The first-order valence-electron chi connectivity index (χ1n) is 11.6. The van der Waals surface area contributed by atoms with Crippen molar-refractivity contribution in [1.29, 1.82) is 0 Å². The summed E-state index contributed by atoms with van der Waals surface area (Å²) in [5.74, 6) is 1.55. The van der Waals surface area contributed by atoms with Crippen LogP contribution in [0, 0.1) is 5.92 Å². The first-order valence-corrected chi connectivity index (χ1v) is 13.0. The van der Waals surface area contributed by atoms with Gasteiger partial charge in [-0.15, -0.1) is 0 Å². The number of thioether (sulfide) groups is 1. The Balaban J connectivity index is 1.68. The lowest BCUT2D eigenvalue weighted by Crippen LogP contribution is -2.38. The van der Waals surface area contributed by atoms with E-state index >= 15 is 0 Å². The number of methoxy groups -OCH3 is 1. The van der Waals surface area contributed by atoms with Gasteiger partial charge in [0.2, 0.25) is 0 Å². The second kappa shape index (κ2) is 10.2. The van der Waals surface area contributed by atoms with Crippen LogP contribution in [0.15, 0.2) is 36.4 Å². The second-order valence-corrected chi connectivity index (χ2v) is 10.2. The van der Waals surface area contributed by atoms with Crippen molar-refractivity contribution in [1.82, 2.24) is 9.80 Å². The Morgan fingerprint density at radius 2 is 1.94 bits per heavy atom. The summed E-state index contributed by atoms with van der Waals surface area (Å²) in [5.41, 5.74) is 1.04. The van der Waals surface area contributed by atoms with E-state index in [1.807, 2.05) is 18.4 Å². The van der Waals surface area contributed by atoms with E-state index in [-0.39, 0.29) is 36.2 Å². The lowest BCUT2D eigenvalue weighted by molar-refractivity contribution is -0.138. The number of benzene rings is 2. The minimum absolute atomic E-state index is 0.0384. The van der Waals surface area contributed by atoms with Crippen molar-refractivity contribution >= 4 is 17.7 Å². The Labute approximate surface area is 203 Å². The van der Waals surface area contributed by atoms with E-state index < -0.39 is 11.7 Å². The van der Waals surface area contributed by atoms with Gasteiger partial charge in [0.05, 0.1) is 12.7 Å². The average Bonchev–Trinajstić information content (AvgIpc) is 3.11. The number of fused-ring (bicyclic) bond motifs is 1. The Morgan fingerprint density at radius 3 is 2.56 bits per heavy atom. The molecular weight excluding hydrogens is 461 g/mol. The quantitative estimate of drug-likeness (QED) is 0.474. The number of likely N-dealkylation sites (tertiary alicyclic amines) is 1. The highest BCUT2D eigenvalue weighted by Gasteiger charge is 2.41. The number of halogens is 3. The van der Waals surface area contributed by atoms with Crippen LogP contribution in [0.1, 0.15) is 58.4 Å². The molecule has 8 heteroatoms. The number of rotatable bonds is 7. The third-order valence-electron chi connectivity index (χ3n) is 6.82. The third-order valence-corrected chi connectivity index (χ3v) is 7.46. The van der Waals surface area contributed by atoms with Gasteiger partial charge in [-0.3, -0.25) is 9.69 Å². The van der Waals surface area contributed by atoms with Crippen molar-refractivity contribution < 1.29 is 22.7 Å². The fraction of sp³-hybridized carbons (Fsp3) is 0.500. The van der Waals surface area contributed by atoms with Crippen LogP contribution in [0.5, 0.6) is 5.75 Å². The molecule has 4 nitrogen and oxygen atoms in total. The SMILES string of the molecule is COc1ccc(CN2Cc3c(cc(C(CSC)N4CCC[C@H](C)C4)cc3C(F)(F)F)C2=O)cc1. The number of amides is 1. The standard InChI is InChI=1S/C26H31F3N2O2S/c1-17-5-4-10-30(13-17)24(16-34-3)19-11-21-22(23(12-19)26(27,28)29)15-31(25(21)32)14-18-6-8-20(33-2)9-7-18/h6-9,11-12,17,24H,4-5,10,13-16H2,1-3H3/t17-,24?/m0/s1. The summed E-state index contributed by atoms with van der Waals surface area (Å²) >= 11 is 1.62. The summed E-state index contributed by atoms with van der Waals surface area (Å²) in [5, 5.41) is 0. The number of ether oxygens (including phenoxy) is 1. The highest BCUT2D eigenvalue weighted by Crippen LogP contribution is 2.41. The lowest BCUT2D eigenvalue weighted by atomic mass is 9.93. The molecule has 2 atom stereocenters. The normalized spacial score (nSPS) is 19.9. The molecule has 1 unspecified atom stereocenters. The number of carbonyl (C=O) groups is 1. The van der Waals surface area contributed by atoms with Gasteiger partial charge < -0.3 is 9.64 Å². The number of piperidine rings is 1. The van der Waals surface area contributed by atoms with Crippen molar-refractivity contribution in [2.45, 2.75) is 45.1 Å². The highest BCUT2D eigenvalue weighted by atomic mass is 32.2. The molecule has 2 heterocycles. The van der Waals surface area contributed by atoms with E-state index in [0.29, 0.717) is 23.0 Å². The molecule has 0 spiro atoms. The van der Waals surface area contributed by atoms with Crippen molar-refractivity contribution in [3.05, 3.63) is 64.2 Å². The molecular formula is C26H31F3N2O2S. The maximum absolute atomic E-state index is 14.2. The lowest BCUT2D eigenvalue weighted by Gasteiger charge is -2.37. The third kappa shape index (κ3) is 5.23. The molecule has 2 aromatic rings. The van der Waals surface area contributed by atoms with Gasteiger partial charge in [0.1, 0.15) is 5.75 Å². The second-order valence-electron chi connectivity index (χ2n) is 9.32. The van der Waals surface area contributed by atoms with E-state index in [0.717, 1.165) is 31.5 Å². The van der Waals surface area contributed by atoms with Crippen LogP contribution in [-0.2, 0) is 19.3 Å². The largest absolute Gasteiger partial charge is 0.497 e. The monoisotopic (exact) mass is 492 g/mol. The van der Waals surface area contributed by atoms with Gasteiger partial charge in [-0.25, -0.2) is 0 Å². The molecule has 2 aliphatic heterocycles. The molecule has 1 fully saturated rings. The van der Waals surface area contributed by atoms with Gasteiger partial charge in [0.15, 0.2) is 0 Å². The smallest absolute Gasteiger partial charge is 0.416 e. The zero-order chi connectivity index (χ0) is 24.5. The number of hydrogen-bond donors (Lipinski definition) is 0. The van der Waals surface area contributed by atoms with Crippen molar-refractivity contribution in [3.8, 4) is 5.75 Å². The first kappa shape index (κ1) is 24.9. The zero-order valence-electron chi connectivity index (χ0n) is 19.8. The Hall–Kier alpha value is -2.19.